The van der Waals surface area contributed by atoms with Gasteiger partial charge in [0.2, 0.25) is 9.84 Å². The molecule has 1 atom stereocenters. The van der Waals surface area contributed by atoms with Crippen molar-refractivity contribution in [2.75, 3.05) is 19.3 Å². The minimum absolute atomic E-state index is 0.0831. The Morgan fingerprint density at radius 2 is 1.72 bits per heavy atom. The van der Waals surface area contributed by atoms with Crippen molar-refractivity contribution in [3.63, 3.8) is 0 Å². The predicted molar refractivity (Wildman–Crippen MR) is 141 cm³/mol. The van der Waals surface area contributed by atoms with Crippen molar-refractivity contribution in [1.82, 2.24) is 4.72 Å². The average Bonchev–Trinajstić information content (AvgIpc) is 3.29. The van der Waals surface area contributed by atoms with Gasteiger partial charge in [-0.25, -0.2) is 13.2 Å². The van der Waals surface area contributed by atoms with Gasteiger partial charge in [-0.2, -0.15) is 0 Å². The van der Waals surface area contributed by atoms with E-state index in [0.717, 1.165) is 17.5 Å². The van der Waals surface area contributed by atoms with Gasteiger partial charge in [-0.1, -0.05) is 67.4 Å². The highest BCUT2D eigenvalue weighted by Crippen LogP contribution is 2.33. The smallest absolute Gasteiger partial charge is 0.339 e. The number of ether oxygens (including phenoxy) is 3. The van der Waals surface area contributed by atoms with Crippen LogP contribution in [-0.4, -0.2) is 39.8 Å². The van der Waals surface area contributed by atoms with Crippen LogP contribution in [0.1, 0.15) is 23.6 Å². The number of thiol groups is 1. The fraction of sp³-hybridized carbons (Fsp3) is 0.222. The number of benzene rings is 3. The molecule has 0 radical (unpaired) electrons. The third kappa shape index (κ3) is 6.36. The van der Waals surface area contributed by atoms with E-state index in [0.29, 0.717) is 22.5 Å². The SMILES string of the molecule is CC(Cc1ccc(OCOCS(=O)(=O)c2cccc(C3=C(c4ccccc4)C(=O)OC3)c2)cc1)NS. The Kier molecular flexibility index (Phi) is 8.48. The lowest BCUT2D eigenvalue weighted by Crippen LogP contribution is -2.18. The zero-order valence-electron chi connectivity index (χ0n) is 19.7. The average molecular weight is 526 g/mol. The summed E-state index contributed by atoms with van der Waals surface area (Å²) in [6.07, 6.45) is 0.821. The lowest BCUT2D eigenvalue weighted by molar-refractivity contribution is -0.133. The second kappa shape index (κ2) is 11.7. The molecule has 4 rings (SSSR count). The number of hydrogen-bond acceptors (Lipinski definition) is 8. The van der Waals surface area contributed by atoms with E-state index in [1.54, 1.807) is 18.2 Å². The lowest BCUT2D eigenvalue weighted by Gasteiger charge is -2.11. The van der Waals surface area contributed by atoms with Crippen molar-refractivity contribution in [3.8, 4) is 5.75 Å². The quantitative estimate of drug-likeness (QED) is 0.167. The second-order valence-electron chi connectivity index (χ2n) is 8.40. The van der Waals surface area contributed by atoms with Gasteiger partial charge in [0, 0.05) is 11.6 Å². The highest BCUT2D eigenvalue weighted by atomic mass is 32.2. The number of cyclic esters (lactones) is 1. The van der Waals surface area contributed by atoms with Crippen LogP contribution < -0.4 is 9.46 Å². The van der Waals surface area contributed by atoms with E-state index in [2.05, 4.69) is 17.5 Å². The van der Waals surface area contributed by atoms with Crippen LogP contribution in [0.5, 0.6) is 5.75 Å². The number of nitrogens with one attached hydrogen (secondary N) is 1. The zero-order chi connectivity index (χ0) is 25.5. The lowest BCUT2D eigenvalue weighted by atomic mass is 9.97. The molecule has 3 aromatic carbocycles. The van der Waals surface area contributed by atoms with Gasteiger partial charge in [-0.3, -0.25) is 4.72 Å². The summed E-state index contributed by atoms with van der Waals surface area (Å²) in [6.45, 7) is 1.90. The van der Waals surface area contributed by atoms with Crippen molar-refractivity contribution in [3.05, 3.63) is 95.6 Å². The first-order valence-corrected chi connectivity index (χ1v) is 13.5. The summed E-state index contributed by atoms with van der Waals surface area (Å²) >= 11 is 4.06. The Bertz CT molecular complexity index is 1340. The fourth-order valence-electron chi connectivity index (χ4n) is 3.85. The number of esters is 1. The molecule has 0 aliphatic carbocycles. The molecular formula is C27H27NO6S2. The Hall–Kier alpha value is -3.11. The molecule has 0 saturated carbocycles. The Labute approximate surface area is 216 Å². The molecule has 1 aliphatic rings. The summed E-state index contributed by atoms with van der Waals surface area (Å²) in [4.78, 5) is 12.5. The normalized spacial score (nSPS) is 14.6. The maximum atomic E-state index is 12.9. The van der Waals surface area contributed by atoms with Gasteiger partial charge in [0.1, 0.15) is 12.4 Å². The summed E-state index contributed by atoms with van der Waals surface area (Å²) in [5.41, 5.74) is 3.55. The van der Waals surface area contributed by atoms with Gasteiger partial charge in [0.25, 0.3) is 0 Å². The standard InChI is InChI=1S/C27H27NO6S2/c1-19(28-35)14-20-10-12-23(13-11-20)34-17-32-18-36(30,31)24-9-5-8-22(15-24)25-16-33-27(29)26(25)21-6-3-2-4-7-21/h2-13,15,19,28,35H,14,16-18H2,1H3. The van der Waals surface area contributed by atoms with E-state index in [1.807, 2.05) is 61.5 Å². The first-order valence-electron chi connectivity index (χ1n) is 11.4. The summed E-state index contributed by atoms with van der Waals surface area (Å²) < 4.78 is 44.8. The minimum Gasteiger partial charge on any atom is -0.468 e. The summed E-state index contributed by atoms with van der Waals surface area (Å²) in [7, 11) is -3.75. The highest BCUT2D eigenvalue weighted by Gasteiger charge is 2.28. The van der Waals surface area contributed by atoms with Gasteiger partial charge in [-0.05, 0) is 54.3 Å². The second-order valence-corrected chi connectivity index (χ2v) is 10.6. The third-order valence-corrected chi connectivity index (χ3v) is 7.58. The van der Waals surface area contributed by atoms with E-state index in [-0.39, 0.29) is 24.3 Å². The van der Waals surface area contributed by atoms with Crippen LogP contribution in [0.25, 0.3) is 11.1 Å². The molecule has 1 N–H and O–H groups in total. The van der Waals surface area contributed by atoms with Crippen LogP contribution in [0, 0.1) is 0 Å². The number of rotatable bonds is 11. The van der Waals surface area contributed by atoms with Crippen LogP contribution in [0.4, 0.5) is 0 Å². The molecule has 7 nitrogen and oxygen atoms in total. The first-order chi connectivity index (χ1) is 17.4. The van der Waals surface area contributed by atoms with Crippen LogP contribution in [0.3, 0.4) is 0 Å². The molecule has 0 fully saturated rings. The first kappa shape index (κ1) is 26.0. The van der Waals surface area contributed by atoms with E-state index >= 15 is 0 Å². The van der Waals surface area contributed by atoms with Gasteiger partial charge in [0.15, 0.2) is 12.7 Å². The monoisotopic (exact) mass is 525 g/mol. The molecule has 9 heteroatoms. The van der Waals surface area contributed by atoms with Crippen molar-refractivity contribution in [2.24, 2.45) is 0 Å². The topological polar surface area (TPSA) is 90.9 Å². The molecule has 3 aromatic rings. The van der Waals surface area contributed by atoms with E-state index < -0.39 is 21.7 Å². The van der Waals surface area contributed by atoms with Gasteiger partial charge in [-0.15, -0.1) is 0 Å². The minimum atomic E-state index is -3.75. The Morgan fingerprint density at radius 1 is 1.00 bits per heavy atom. The van der Waals surface area contributed by atoms with E-state index in [1.165, 1.54) is 6.07 Å². The zero-order valence-corrected chi connectivity index (χ0v) is 21.4. The largest absolute Gasteiger partial charge is 0.468 e. The molecule has 0 aromatic heterocycles. The van der Waals surface area contributed by atoms with E-state index in [9.17, 15) is 13.2 Å². The Morgan fingerprint density at radius 3 is 2.44 bits per heavy atom. The molecule has 1 aliphatic heterocycles. The summed E-state index contributed by atoms with van der Waals surface area (Å²) in [6, 6.07) is 23.4. The maximum absolute atomic E-state index is 12.9. The van der Waals surface area contributed by atoms with Gasteiger partial charge in [0.05, 0.1) is 10.5 Å². The fourth-order valence-corrected chi connectivity index (χ4v) is 4.96. The number of carbonyl (C=O) groups excluding carboxylic acids is 1. The third-order valence-electron chi connectivity index (χ3n) is 5.69. The van der Waals surface area contributed by atoms with Crippen LogP contribution in [0.15, 0.2) is 83.8 Å². The van der Waals surface area contributed by atoms with Crippen LogP contribution >= 0.6 is 12.8 Å². The molecule has 0 spiro atoms. The van der Waals surface area contributed by atoms with Crippen molar-refractivity contribution >= 4 is 39.8 Å². The summed E-state index contributed by atoms with van der Waals surface area (Å²) in [5.74, 6) is -0.388. The Balaban J connectivity index is 1.40. The molecule has 0 amide bonds. The molecule has 1 unspecified atom stereocenters. The number of hydrogen-bond donors (Lipinski definition) is 2. The number of carbonyl (C=O) groups is 1. The van der Waals surface area contributed by atoms with Crippen molar-refractivity contribution < 1.29 is 27.4 Å². The summed E-state index contributed by atoms with van der Waals surface area (Å²) in [5, 5.41) is 0. The number of sulfone groups is 1. The van der Waals surface area contributed by atoms with E-state index in [4.69, 9.17) is 14.2 Å². The molecule has 1 heterocycles. The predicted octanol–water partition coefficient (Wildman–Crippen LogP) is 4.30. The van der Waals surface area contributed by atoms with Crippen LogP contribution in [0.2, 0.25) is 0 Å². The maximum Gasteiger partial charge on any atom is 0.339 e. The highest BCUT2D eigenvalue weighted by molar-refractivity contribution is 7.91. The van der Waals surface area contributed by atoms with Crippen molar-refractivity contribution in [2.45, 2.75) is 24.3 Å². The molecule has 0 saturated heterocycles. The molecule has 188 valence electrons. The molecular weight excluding hydrogens is 498 g/mol. The van der Waals surface area contributed by atoms with Crippen molar-refractivity contribution in [1.29, 1.82) is 0 Å². The van der Waals surface area contributed by atoms with Crippen LogP contribution in [-0.2, 0) is 30.5 Å². The van der Waals surface area contributed by atoms with Gasteiger partial charge < -0.3 is 14.2 Å². The van der Waals surface area contributed by atoms with Gasteiger partial charge >= 0.3 is 5.97 Å². The molecule has 0 bridgehead atoms. The molecule has 36 heavy (non-hydrogen) atoms.